The summed E-state index contributed by atoms with van der Waals surface area (Å²) in [7, 11) is 1.84. The van der Waals surface area contributed by atoms with E-state index in [1.165, 1.54) is 0 Å². The zero-order valence-corrected chi connectivity index (χ0v) is 12.3. The molecule has 1 aliphatic rings. The standard InChI is InChI=1S/C16H22FNO3/c1-18(11-15(17)13-5-7-21-8-6-13)14-4-2-3-12(9-14)10-16(19)20/h2-4,9,13,15H,5-8,10-11H2,1H3,(H,19,20). The van der Waals surface area contributed by atoms with Crippen LogP contribution in [0.2, 0.25) is 0 Å². The molecule has 21 heavy (non-hydrogen) atoms. The van der Waals surface area contributed by atoms with Crippen molar-refractivity contribution in [2.75, 3.05) is 31.7 Å². The molecule has 0 bridgehead atoms. The molecule has 1 atom stereocenters. The molecule has 1 aromatic carbocycles. The Morgan fingerprint density at radius 2 is 2.19 bits per heavy atom. The van der Waals surface area contributed by atoms with E-state index in [4.69, 9.17) is 9.84 Å². The third kappa shape index (κ3) is 4.70. The van der Waals surface area contributed by atoms with Crippen LogP contribution in [0.15, 0.2) is 24.3 Å². The molecule has 1 fully saturated rings. The highest BCUT2D eigenvalue weighted by atomic mass is 19.1. The molecule has 0 radical (unpaired) electrons. The van der Waals surface area contributed by atoms with E-state index in [1.807, 2.05) is 30.1 Å². The lowest BCUT2D eigenvalue weighted by Gasteiger charge is -2.29. The third-order valence-electron chi connectivity index (χ3n) is 3.93. The molecule has 0 saturated carbocycles. The number of aliphatic carboxylic acids is 1. The van der Waals surface area contributed by atoms with Gasteiger partial charge in [-0.1, -0.05) is 12.1 Å². The molecule has 0 aliphatic carbocycles. The highest BCUT2D eigenvalue weighted by Crippen LogP contribution is 2.24. The maximum Gasteiger partial charge on any atom is 0.307 e. The first-order valence-electron chi connectivity index (χ1n) is 7.30. The first-order chi connectivity index (χ1) is 10.1. The zero-order valence-electron chi connectivity index (χ0n) is 12.3. The Morgan fingerprint density at radius 1 is 1.48 bits per heavy atom. The Bertz CT molecular complexity index is 474. The highest BCUT2D eigenvalue weighted by Gasteiger charge is 2.24. The lowest BCUT2D eigenvalue weighted by atomic mass is 9.94. The maximum atomic E-state index is 14.3. The minimum absolute atomic E-state index is 0.0132. The molecule has 0 spiro atoms. The van der Waals surface area contributed by atoms with Crippen molar-refractivity contribution in [3.63, 3.8) is 0 Å². The molecular weight excluding hydrogens is 273 g/mol. The number of carboxylic acids is 1. The number of anilines is 1. The van der Waals surface area contributed by atoms with Crippen LogP contribution >= 0.6 is 0 Å². The largest absolute Gasteiger partial charge is 0.481 e. The molecule has 4 nitrogen and oxygen atoms in total. The second-order valence-electron chi connectivity index (χ2n) is 5.59. The molecule has 1 N–H and O–H groups in total. The van der Waals surface area contributed by atoms with Gasteiger partial charge in [0.15, 0.2) is 0 Å². The Balaban J connectivity index is 1.95. The van der Waals surface area contributed by atoms with Crippen molar-refractivity contribution < 1.29 is 19.0 Å². The molecule has 5 heteroatoms. The van der Waals surface area contributed by atoms with Gasteiger partial charge < -0.3 is 14.7 Å². The van der Waals surface area contributed by atoms with E-state index in [-0.39, 0.29) is 12.3 Å². The summed E-state index contributed by atoms with van der Waals surface area (Å²) in [6, 6.07) is 7.27. The van der Waals surface area contributed by atoms with Crippen LogP contribution in [0, 0.1) is 5.92 Å². The first kappa shape index (κ1) is 15.8. The van der Waals surface area contributed by atoms with E-state index in [0.717, 1.165) is 24.1 Å². The number of carbonyl (C=O) groups is 1. The van der Waals surface area contributed by atoms with Crippen molar-refractivity contribution >= 4 is 11.7 Å². The highest BCUT2D eigenvalue weighted by molar-refractivity contribution is 5.70. The van der Waals surface area contributed by atoms with Gasteiger partial charge in [0.1, 0.15) is 6.17 Å². The van der Waals surface area contributed by atoms with Crippen LogP contribution in [0.25, 0.3) is 0 Å². The van der Waals surface area contributed by atoms with Crippen molar-refractivity contribution in [1.82, 2.24) is 0 Å². The first-order valence-corrected chi connectivity index (χ1v) is 7.30. The minimum atomic E-state index is -0.887. The lowest BCUT2D eigenvalue weighted by molar-refractivity contribution is -0.136. The van der Waals surface area contributed by atoms with E-state index in [1.54, 1.807) is 6.07 Å². The molecule has 1 aromatic rings. The fourth-order valence-electron chi connectivity index (χ4n) is 2.67. The number of hydrogen-bond donors (Lipinski definition) is 1. The molecule has 0 aromatic heterocycles. The number of benzene rings is 1. The van der Waals surface area contributed by atoms with Gasteiger partial charge in [-0.15, -0.1) is 0 Å². The Hall–Kier alpha value is -1.62. The maximum absolute atomic E-state index is 14.3. The van der Waals surface area contributed by atoms with E-state index < -0.39 is 12.1 Å². The number of hydrogen-bond acceptors (Lipinski definition) is 3. The van der Waals surface area contributed by atoms with E-state index >= 15 is 0 Å². The fourth-order valence-corrected chi connectivity index (χ4v) is 2.67. The Morgan fingerprint density at radius 3 is 2.86 bits per heavy atom. The number of rotatable bonds is 6. The van der Waals surface area contributed by atoms with Gasteiger partial charge >= 0.3 is 5.97 Å². The predicted molar refractivity (Wildman–Crippen MR) is 79.5 cm³/mol. The van der Waals surface area contributed by atoms with Crippen molar-refractivity contribution in [2.24, 2.45) is 5.92 Å². The molecular formula is C16H22FNO3. The summed E-state index contributed by atoms with van der Waals surface area (Å²) in [6.45, 7) is 1.60. The average Bonchev–Trinajstić information content (AvgIpc) is 2.47. The summed E-state index contributed by atoms with van der Waals surface area (Å²) in [5.74, 6) is -0.802. The molecule has 2 rings (SSSR count). The molecule has 0 amide bonds. The summed E-state index contributed by atoms with van der Waals surface area (Å²) >= 11 is 0. The van der Waals surface area contributed by atoms with E-state index in [0.29, 0.717) is 19.8 Å². The van der Waals surface area contributed by atoms with E-state index in [9.17, 15) is 9.18 Å². The van der Waals surface area contributed by atoms with Crippen LogP contribution in [-0.4, -0.2) is 44.1 Å². The lowest BCUT2D eigenvalue weighted by Crippen LogP contribution is -2.34. The van der Waals surface area contributed by atoms with Gasteiger partial charge in [0.2, 0.25) is 0 Å². The minimum Gasteiger partial charge on any atom is -0.481 e. The molecule has 1 saturated heterocycles. The number of alkyl halides is 1. The fraction of sp³-hybridized carbons (Fsp3) is 0.562. The summed E-state index contributed by atoms with van der Waals surface area (Å²) in [5, 5.41) is 8.83. The number of carboxylic acid groups (broad SMARTS) is 1. The zero-order chi connectivity index (χ0) is 15.2. The SMILES string of the molecule is CN(CC(F)C1CCOCC1)c1cccc(CC(=O)O)c1. The quantitative estimate of drug-likeness (QED) is 0.876. The van der Waals surface area contributed by atoms with Gasteiger partial charge in [-0.25, -0.2) is 4.39 Å². The van der Waals surface area contributed by atoms with Gasteiger partial charge in [-0.2, -0.15) is 0 Å². The smallest absolute Gasteiger partial charge is 0.307 e. The predicted octanol–water partition coefficient (Wildman–Crippen LogP) is 2.51. The van der Waals surface area contributed by atoms with Gasteiger partial charge in [0, 0.05) is 32.5 Å². The van der Waals surface area contributed by atoms with Gasteiger partial charge in [-0.05, 0) is 36.5 Å². The monoisotopic (exact) mass is 295 g/mol. The van der Waals surface area contributed by atoms with E-state index in [2.05, 4.69) is 0 Å². The van der Waals surface area contributed by atoms with Crippen molar-refractivity contribution in [2.45, 2.75) is 25.4 Å². The Labute approximate surface area is 124 Å². The normalized spacial score (nSPS) is 17.4. The second-order valence-corrected chi connectivity index (χ2v) is 5.59. The van der Waals surface area contributed by atoms with Crippen LogP contribution in [-0.2, 0) is 16.0 Å². The van der Waals surface area contributed by atoms with Crippen molar-refractivity contribution in [1.29, 1.82) is 0 Å². The molecule has 1 heterocycles. The summed E-state index contributed by atoms with van der Waals surface area (Å²) < 4.78 is 19.6. The van der Waals surface area contributed by atoms with Crippen LogP contribution in [0.5, 0.6) is 0 Å². The van der Waals surface area contributed by atoms with Gasteiger partial charge in [-0.3, -0.25) is 4.79 Å². The van der Waals surface area contributed by atoms with Gasteiger partial charge in [0.25, 0.3) is 0 Å². The second kappa shape index (κ2) is 7.41. The molecule has 116 valence electrons. The number of ether oxygens (including phenoxy) is 1. The van der Waals surface area contributed by atoms with Crippen LogP contribution in [0.4, 0.5) is 10.1 Å². The van der Waals surface area contributed by atoms with Crippen molar-refractivity contribution in [3.05, 3.63) is 29.8 Å². The van der Waals surface area contributed by atoms with Gasteiger partial charge in [0.05, 0.1) is 6.42 Å². The number of halogens is 1. The van der Waals surface area contributed by atoms with Crippen LogP contribution in [0.1, 0.15) is 18.4 Å². The summed E-state index contributed by atoms with van der Waals surface area (Å²) in [4.78, 5) is 12.6. The summed E-state index contributed by atoms with van der Waals surface area (Å²) in [6.07, 6.45) is 0.644. The third-order valence-corrected chi connectivity index (χ3v) is 3.93. The summed E-state index contributed by atoms with van der Waals surface area (Å²) in [5.41, 5.74) is 1.58. The number of nitrogens with zero attached hydrogens (tertiary/aromatic N) is 1. The topological polar surface area (TPSA) is 49.8 Å². The molecule has 1 aliphatic heterocycles. The Kier molecular flexibility index (Phi) is 5.56. The van der Waals surface area contributed by atoms with Crippen LogP contribution < -0.4 is 4.90 Å². The average molecular weight is 295 g/mol. The van der Waals surface area contributed by atoms with Crippen LogP contribution in [0.3, 0.4) is 0 Å². The van der Waals surface area contributed by atoms with Crippen molar-refractivity contribution in [3.8, 4) is 0 Å². The molecule has 1 unspecified atom stereocenters.